The second-order valence-corrected chi connectivity index (χ2v) is 14.0. The highest BCUT2D eigenvalue weighted by Crippen LogP contribution is 2.53. The van der Waals surface area contributed by atoms with Gasteiger partial charge in [0.2, 0.25) is 0 Å². The SMILES string of the molecule is CC1(C)c2ccc(-c3ccc(-c4cccc(-c5nc(-c6ccccc6)nc(-c6ccccc6)n5)c4)cc3)cc2-c2c1ccc1c2oc2ccccc21. The van der Waals surface area contributed by atoms with Gasteiger partial charge in [-0.3, -0.25) is 0 Å². The summed E-state index contributed by atoms with van der Waals surface area (Å²) in [5.74, 6) is 1.95. The largest absolute Gasteiger partial charge is 0.455 e. The molecular weight excluding hydrogens is 635 g/mol. The van der Waals surface area contributed by atoms with E-state index in [0.717, 1.165) is 44.4 Å². The molecule has 1 aliphatic rings. The first-order valence-corrected chi connectivity index (χ1v) is 17.7. The third kappa shape index (κ3) is 4.87. The smallest absolute Gasteiger partial charge is 0.164 e. The van der Waals surface area contributed by atoms with Gasteiger partial charge in [0, 0.05) is 38.4 Å². The van der Waals surface area contributed by atoms with E-state index in [4.69, 9.17) is 19.4 Å². The number of aromatic nitrogens is 3. The van der Waals surface area contributed by atoms with Crippen molar-refractivity contribution >= 4 is 21.9 Å². The lowest BCUT2D eigenvalue weighted by Crippen LogP contribution is -2.14. The Hall–Kier alpha value is -6.65. The van der Waals surface area contributed by atoms with E-state index >= 15 is 0 Å². The molecule has 0 fully saturated rings. The maximum Gasteiger partial charge on any atom is 0.164 e. The lowest BCUT2D eigenvalue weighted by atomic mass is 9.82. The molecule has 0 unspecified atom stereocenters. The molecule has 0 atom stereocenters. The van der Waals surface area contributed by atoms with Crippen LogP contribution in [0.2, 0.25) is 0 Å². The van der Waals surface area contributed by atoms with E-state index in [-0.39, 0.29) is 5.41 Å². The fourth-order valence-electron chi connectivity index (χ4n) is 7.83. The molecule has 10 rings (SSSR count). The molecule has 52 heavy (non-hydrogen) atoms. The third-order valence-electron chi connectivity index (χ3n) is 10.6. The predicted molar refractivity (Wildman–Crippen MR) is 212 cm³/mol. The number of furan rings is 1. The highest BCUT2D eigenvalue weighted by atomic mass is 16.3. The quantitative estimate of drug-likeness (QED) is 0.183. The minimum atomic E-state index is -0.118. The summed E-state index contributed by atoms with van der Waals surface area (Å²) in [6.45, 7) is 4.63. The molecule has 0 N–H and O–H groups in total. The van der Waals surface area contributed by atoms with Crippen LogP contribution in [0.15, 0.2) is 168 Å². The Morgan fingerprint density at radius 2 is 0.923 bits per heavy atom. The molecule has 0 amide bonds. The molecule has 9 aromatic rings. The monoisotopic (exact) mass is 667 g/mol. The second kappa shape index (κ2) is 11.7. The highest BCUT2D eigenvalue weighted by Gasteiger charge is 2.37. The number of rotatable bonds is 5. The Labute approximate surface area is 302 Å². The van der Waals surface area contributed by atoms with Gasteiger partial charge in [0.25, 0.3) is 0 Å². The van der Waals surface area contributed by atoms with E-state index in [1.54, 1.807) is 0 Å². The summed E-state index contributed by atoms with van der Waals surface area (Å²) >= 11 is 0. The topological polar surface area (TPSA) is 51.8 Å². The average Bonchev–Trinajstić information content (AvgIpc) is 3.70. The average molecular weight is 668 g/mol. The first-order chi connectivity index (χ1) is 25.5. The van der Waals surface area contributed by atoms with Crippen molar-refractivity contribution < 1.29 is 4.42 Å². The zero-order valence-electron chi connectivity index (χ0n) is 28.8. The molecule has 2 aromatic heterocycles. The zero-order chi connectivity index (χ0) is 34.8. The standard InChI is InChI=1S/C48H33N3O/c1-48(2)40-26-24-35(29-39(40)43-41(48)27-25-38-37-18-9-10-19-42(37)52-44(38)43)31-22-20-30(21-23-31)34-16-11-17-36(28-34)47-50-45(32-12-5-3-6-13-32)49-46(51-47)33-14-7-4-8-15-33/h3-29H,1-2H3. The summed E-state index contributed by atoms with van der Waals surface area (Å²) in [6.07, 6.45) is 0. The van der Waals surface area contributed by atoms with Gasteiger partial charge in [0.05, 0.1) is 0 Å². The van der Waals surface area contributed by atoms with Crippen LogP contribution in [0.1, 0.15) is 25.0 Å². The molecule has 0 saturated heterocycles. The van der Waals surface area contributed by atoms with Gasteiger partial charge in [-0.15, -0.1) is 0 Å². The lowest BCUT2D eigenvalue weighted by molar-refractivity contribution is 0.653. The van der Waals surface area contributed by atoms with Crippen molar-refractivity contribution in [3.8, 4) is 67.5 Å². The Balaban J connectivity index is 1.01. The van der Waals surface area contributed by atoms with Crippen LogP contribution < -0.4 is 0 Å². The molecule has 0 bridgehead atoms. The van der Waals surface area contributed by atoms with E-state index < -0.39 is 0 Å². The number of benzene rings is 7. The van der Waals surface area contributed by atoms with Crippen molar-refractivity contribution in [3.63, 3.8) is 0 Å². The normalized spacial score (nSPS) is 13.0. The number of nitrogens with zero attached hydrogens (tertiary/aromatic N) is 3. The van der Waals surface area contributed by atoms with Gasteiger partial charge in [-0.1, -0.05) is 159 Å². The Kier molecular flexibility index (Phi) is 6.80. The fourth-order valence-corrected chi connectivity index (χ4v) is 7.83. The second-order valence-electron chi connectivity index (χ2n) is 14.0. The molecule has 4 heteroatoms. The first-order valence-electron chi connectivity index (χ1n) is 17.7. The third-order valence-corrected chi connectivity index (χ3v) is 10.6. The van der Waals surface area contributed by atoms with Crippen LogP contribution >= 0.6 is 0 Å². The number of fused-ring (bicyclic) bond motifs is 7. The molecule has 2 heterocycles. The molecule has 4 nitrogen and oxygen atoms in total. The summed E-state index contributed by atoms with van der Waals surface area (Å²) in [6, 6.07) is 57.2. The maximum absolute atomic E-state index is 6.54. The van der Waals surface area contributed by atoms with E-state index in [1.807, 2.05) is 66.7 Å². The van der Waals surface area contributed by atoms with Crippen LogP contribution in [0.5, 0.6) is 0 Å². The van der Waals surface area contributed by atoms with Gasteiger partial charge < -0.3 is 4.42 Å². The fraction of sp³-hybridized carbons (Fsp3) is 0.0625. The maximum atomic E-state index is 6.54. The van der Waals surface area contributed by atoms with Crippen LogP contribution in [0.4, 0.5) is 0 Å². The van der Waals surface area contributed by atoms with E-state index in [2.05, 4.69) is 111 Å². The van der Waals surface area contributed by atoms with Crippen LogP contribution in [0.3, 0.4) is 0 Å². The molecule has 1 aliphatic carbocycles. The Bertz CT molecular complexity index is 2740. The van der Waals surface area contributed by atoms with Crippen molar-refractivity contribution in [1.82, 2.24) is 15.0 Å². The first kappa shape index (κ1) is 30.2. The van der Waals surface area contributed by atoms with Crippen molar-refractivity contribution in [2.45, 2.75) is 19.3 Å². The highest BCUT2D eigenvalue weighted by molar-refractivity contribution is 6.12. The van der Waals surface area contributed by atoms with Crippen molar-refractivity contribution in [2.24, 2.45) is 0 Å². The number of para-hydroxylation sites is 1. The minimum absolute atomic E-state index is 0.118. The number of hydrogen-bond donors (Lipinski definition) is 0. The van der Waals surface area contributed by atoms with Crippen LogP contribution in [0, 0.1) is 0 Å². The molecule has 0 spiro atoms. The summed E-state index contributed by atoms with van der Waals surface area (Å²) in [7, 11) is 0. The van der Waals surface area contributed by atoms with Gasteiger partial charge in [-0.05, 0) is 57.1 Å². The van der Waals surface area contributed by atoms with Crippen LogP contribution in [-0.2, 0) is 5.41 Å². The molecule has 7 aromatic carbocycles. The minimum Gasteiger partial charge on any atom is -0.455 e. The number of hydrogen-bond acceptors (Lipinski definition) is 4. The van der Waals surface area contributed by atoms with Gasteiger partial charge in [0.15, 0.2) is 17.5 Å². The van der Waals surface area contributed by atoms with Gasteiger partial charge in [-0.25, -0.2) is 15.0 Å². The van der Waals surface area contributed by atoms with E-state index in [0.29, 0.717) is 17.5 Å². The van der Waals surface area contributed by atoms with Gasteiger partial charge >= 0.3 is 0 Å². The van der Waals surface area contributed by atoms with E-state index in [1.165, 1.54) is 38.8 Å². The van der Waals surface area contributed by atoms with Crippen molar-refractivity contribution in [3.05, 3.63) is 175 Å². The van der Waals surface area contributed by atoms with Crippen molar-refractivity contribution in [1.29, 1.82) is 0 Å². The zero-order valence-corrected chi connectivity index (χ0v) is 28.8. The Morgan fingerprint density at radius 1 is 0.404 bits per heavy atom. The molecule has 246 valence electrons. The Morgan fingerprint density at radius 3 is 1.60 bits per heavy atom. The van der Waals surface area contributed by atoms with Crippen molar-refractivity contribution in [2.75, 3.05) is 0 Å². The summed E-state index contributed by atoms with van der Waals surface area (Å²) in [5.41, 5.74) is 14.3. The van der Waals surface area contributed by atoms with Gasteiger partial charge in [0.1, 0.15) is 11.2 Å². The van der Waals surface area contributed by atoms with E-state index in [9.17, 15) is 0 Å². The van der Waals surface area contributed by atoms with Crippen LogP contribution in [0.25, 0.3) is 89.5 Å². The summed E-state index contributed by atoms with van der Waals surface area (Å²) < 4.78 is 6.54. The molecule has 0 aliphatic heterocycles. The summed E-state index contributed by atoms with van der Waals surface area (Å²) in [5, 5.41) is 2.32. The van der Waals surface area contributed by atoms with Crippen LogP contribution in [-0.4, -0.2) is 15.0 Å². The predicted octanol–water partition coefficient (Wildman–Crippen LogP) is 12.4. The summed E-state index contributed by atoms with van der Waals surface area (Å²) in [4.78, 5) is 14.7. The molecular formula is C48H33N3O. The lowest BCUT2D eigenvalue weighted by Gasteiger charge is -2.21. The molecule has 0 radical (unpaired) electrons. The molecule has 0 saturated carbocycles. The van der Waals surface area contributed by atoms with Gasteiger partial charge in [-0.2, -0.15) is 0 Å².